The second kappa shape index (κ2) is 380. The van der Waals surface area contributed by atoms with Crippen LogP contribution in [0.3, 0.4) is 0 Å². The van der Waals surface area contributed by atoms with Crippen LogP contribution in [-0.2, 0) is 9.59 Å². The van der Waals surface area contributed by atoms with Crippen molar-refractivity contribution < 1.29 is 15.1 Å². The van der Waals surface area contributed by atoms with Crippen LogP contribution in [0.4, 0.5) is 0 Å². The van der Waals surface area contributed by atoms with Crippen molar-refractivity contribution in [2.24, 2.45) is 0 Å². The molecule has 0 aliphatic carbocycles. The van der Waals surface area contributed by atoms with Gasteiger partial charge >= 0.3 is 6.15 Å². The predicted molar refractivity (Wildman–Crippen MR) is 25.9 cm³/mol. The van der Waals surface area contributed by atoms with Gasteiger partial charge in [0.05, 0.1) is 0 Å². The summed E-state index contributed by atoms with van der Waals surface area (Å²) in [5.74, 6) is 0. The Bertz CT molecular complexity index is 33.9. The fourth-order valence-corrected chi connectivity index (χ4v) is 0. The van der Waals surface area contributed by atoms with Crippen molar-refractivity contribution in [3.05, 3.63) is 0 Å². The quantitative estimate of drug-likeness (QED) is 0.452. The topological polar surface area (TPSA) is 136 Å². The van der Waals surface area contributed by atoms with Crippen molar-refractivity contribution >= 4 is 18.6 Å². The standard InChI is InChI=1S/CO2.ClH.2H3N.H2O/c2-1-3;;;;/h;1H;2*1H3;1H2. The first-order valence-electron chi connectivity index (χ1n) is 0.408. The van der Waals surface area contributed by atoms with Gasteiger partial charge in [0.15, 0.2) is 0 Å². The van der Waals surface area contributed by atoms with Gasteiger partial charge in [0, 0.05) is 0 Å². The molecule has 0 aromatic carbocycles. The largest absolute Gasteiger partial charge is 0.412 e. The molecule has 0 spiro atoms. The molecule has 8 N–H and O–H groups in total. The van der Waals surface area contributed by atoms with Gasteiger partial charge in [0.1, 0.15) is 0 Å². The van der Waals surface area contributed by atoms with Gasteiger partial charge < -0.3 is 17.8 Å². The SMILES string of the molecule is Cl.N.N.O.O=C=O. The van der Waals surface area contributed by atoms with E-state index in [-0.39, 0.29) is 36.3 Å². The van der Waals surface area contributed by atoms with E-state index in [1.54, 1.807) is 0 Å². The highest BCUT2D eigenvalue weighted by atomic mass is 35.5. The summed E-state index contributed by atoms with van der Waals surface area (Å²) in [5, 5.41) is 0. The fraction of sp³-hybridized carbons (Fsp3) is 0. The molecule has 0 heterocycles. The Labute approximate surface area is 47.0 Å². The maximum atomic E-state index is 8.12. The normalized spacial score (nSPS) is 1.14. The summed E-state index contributed by atoms with van der Waals surface area (Å²) in [4.78, 5) is 16.2. The first-order valence-corrected chi connectivity index (χ1v) is 0.408. The van der Waals surface area contributed by atoms with Gasteiger partial charge in [-0.05, 0) is 0 Å². The Balaban J connectivity index is -0.00000000333. The molecule has 0 amide bonds. The summed E-state index contributed by atoms with van der Waals surface area (Å²) in [6.45, 7) is 0. The lowest BCUT2D eigenvalue weighted by Gasteiger charge is -0.945. The van der Waals surface area contributed by atoms with Gasteiger partial charge in [-0.2, -0.15) is 9.59 Å². The third-order valence-corrected chi connectivity index (χ3v) is 0. The molecule has 0 radical (unpaired) electrons. The van der Waals surface area contributed by atoms with Gasteiger partial charge in [0.25, 0.3) is 0 Å². The Morgan fingerprint density at radius 3 is 1.00 bits per heavy atom. The van der Waals surface area contributed by atoms with Crippen LogP contribution in [0.1, 0.15) is 0 Å². The zero-order valence-corrected chi connectivity index (χ0v) is 4.46. The van der Waals surface area contributed by atoms with Crippen LogP contribution in [0, 0.1) is 0 Å². The van der Waals surface area contributed by atoms with E-state index in [0.29, 0.717) is 0 Å². The van der Waals surface area contributed by atoms with Crippen LogP contribution in [0.15, 0.2) is 0 Å². The van der Waals surface area contributed by atoms with Crippen LogP contribution in [-0.4, -0.2) is 11.6 Å². The van der Waals surface area contributed by atoms with E-state index in [4.69, 9.17) is 9.59 Å². The monoisotopic (exact) mass is 132 g/mol. The van der Waals surface area contributed by atoms with Gasteiger partial charge in [-0.1, -0.05) is 0 Å². The number of hydrogen-bond acceptors (Lipinski definition) is 4. The van der Waals surface area contributed by atoms with Crippen LogP contribution in [0.2, 0.25) is 0 Å². The molecule has 0 aromatic rings. The molecule has 0 bridgehead atoms. The second-order valence-corrected chi connectivity index (χ2v) is 0.0833. The van der Waals surface area contributed by atoms with Gasteiger partial charge in [-0.15, -0.1) is 12.4 Å². The van der Waals surface area contributed by atoms with Crippen LogP contribution < -0.4 is 12.3 Å². The molecule has 0 saturated carbocycles. The molecule has 48 valence electrons. The highest BCUT2D eigenvalue weighted by Gasteiger charge is 1.13. The lowest BCUT2D eigenvalue weighted by atomic mass is 11.8. The van der Waals surface area contributed by atoms with E-state index in [9.17, 15) is 0 Å². The molecular formula is CH9ClN2O3. The van der Waals surface area contributed by atoms with E-state index in [1.807, 2.05) is 0 Å². The average molecular weight is 133 g/mol. The lowest BCUT2D eigenvalue weighted by Crippen LogP contribution is -1.22. The van der Waals surface area contributed by atoms with Crippen LogP contribution in [0.25, 0.3) is 0 Å². The van der Waals surface area contributed by atoms with Gasteiger partial charge in [-0.3, -0.25) is 0 Å². The van der Waals surface area contributed by atoms with Crippen molar-refractivity contribution in [2.45, 2.75) is 0 Å². The zero-order valence-electron chi connectivity index (χ0n) is 3.64. The highest BCUT2D eigenvalue weighted by molar-refractivity contribution is 5.85. The maximum absolute atomic E-state index is 8.12. The Morgan fingerprint density at radius 1 is 1.00 bits per heavy atom. The van der Waals surface area contributed by atoms with Crippen molar-refractivity contribution in [1.29, 1.82) is 0 Å². The molecular weight excluding hydrogens is 123 g/mol. The van der Waals surface area contributed by atoms with Gasteiger partial charge in [-0.25, -0.2) is 0 Å². The smallest absolute Gasteiger partial charge is 0.373 e. The highest BCUT2D eigenvalue weighted by Crippen LogP contribution is 0.787. The first-order chi connectivity index (χ1) is 1.41. The maximum Gasteiger partial charge on any atom is 0.373 e. The molecule has 0 aromatic heterocycles. The predicted octanol–water partition coefficient (Wildman–Crippen LogP) is -0.662. The van der Waals surface area contributed by atoms with E-state index in [2.05, 4.69) is 0 Å². The molecule has 0 unspecified atom stereocenters. The van der Waals surface area contributed by atoms with E-state index in [0.717, 1.165) is 0 Å². The number of hydrogen-bond donors (Lipinski definition) is 2. The third-order valence-electron chi connectivity index (χ3n) is 0. The van der Waals surface area contributed by atoms with Gasteiger partial charge in [0.2, 0.25) is 0 Å². The summed E-state index contributed by atoms with van der Waals surface area (Å²) in [5.41, 5.74) is 0. The number of halogens is 1. The molecule has 0 rings (SSSR count). The first kappa shape index (κ1) is 84.0. The zero-order chi connectivity index (χ0) is 2.71. The molecule has 0 fully saturated rings. The summed E-state index contributed by atoms with van der Waals surface area (Å²) in [6, 6.07) is 0. The van der Waals surface area contributed by atoms with Crippen LogP contribution >= 0.6 is 12.4 Å². The van der Waals surface area contributed by atoms with E-state index < -0.39 is 0 Å². The molecule has 5 nitrogen and oxygen atoms in total. The molecule has 0 saturated heterocycles. The summed E-state index contributed by atoms with van der Waals surface area (Å²) in [7, 11) is 0. The van der Waals surface area contributed by atoms with Crippen molar-refractivity contribution in [2.75, 3.05) is 0 Å². The molecule has 0 atom stereocenters. The average Bonchev–Trinajstić information content (AvgIpc) is 0.918. The number of carbonyl (C=O) groups excluding carboxylic acids is 2. The molecule has 0 aliphatic heterocycles. The van der Waals surface area contributed by atoms with Crippen molar-refractivity contribution in [1.82, 2.24) is 12.3 Å². The molecule has 6 heteroatoms. The Kier molecular flexibility index (Phi) is 4560. The minimum atomic E-state index is 0. The van der Waals surface area contributed by atoms with Crippen molar-refractivity contribution in [3.63, 3.8) is 0 Å². The van der Waals surface area contributed by atoms with E-state index in [1.165, 1.54) is 0 Å². The summed E-state index contributed by atoms with van der Waals surface area (Å²) < 4.78 is 0. The Hall–Kier alpha value is -0.450. The number of rotatable bonds is 0. The second-order valence-electron chi connectivity index (χ2n) is 0.0833. The van der Waals surface area contributed by atoms with Crippen molar-refractivity contribution in [3.8, 4) is 0 Å². The molecule has 0 aliphatic rings. The van der Waals surface area contributed by atoms with E-state index >= 15 is 0 Å². The minimum absolute atomic E-state index is 0. The summed E-state index contributed by atoms with van der Waals surface area (Å²) >= 11 is 0. The Morgan fingerprint density at radius 2 is 1.00 bits per heavy atom. The lowest BCUT2D eigenvalue weighted by molar-refractivity contribution is -0.191. The van der Waals surface area contributed by atoms with Crippen LogP contribution in [0.5, 0.6) is 0 Å². The fourth-order valence-electron chi connectivity index (χ4n) is 0. The third kappa shape index (κ3) is 345. The summed E-state index contributed by atoms with van der Waals surface area (Å²) in [6.07, 6.45) is 0.250. The molecule has 7 heavy (non-hydrogen) atoms. The minimum Gasteiger partial charge on any atom is -0.412 e.